The Morgan fingerprint density at radius 1 is 1.17 bits per heavy atom. The minimum atomic E-state index is 0.691. The zero-order valence-corrected chi connectivity index (χ0v) is 16.8. The predicted octanol–water partition coefficient (Wildman–Crippen LogP) is 6.29. The van der Waals surface area contributed by atoms with Crippen LogP contribution in [0.3, 0.4) is 0 Å². The maximum atomic E-state index is 9.29. The second kappa shape index (κ2) is 10.4. The summed E-state index contributed by atoms with van der Waals surface area (Å²) in [5.41, 5.74) is 4.06. The summed E-state index contributed by atoms with van der Waals surface area (Å²) < 4.78 is 2.05. The van der Waals surface area contributed by atoms with Crippen LogP contribution in [0.15, 0.2) is 60.7 Å². The van der Waals surface area contributed by atoms with E-state index >= 15 is 0 Å². The Morgan fingerprint density at radius 3 is 2.79 bits per heavy atom. The maximum Gasteiger partial charge on any atom is 0.101 e. The highest BCUT2D eigenvalue weighted by atomic mass is 127. The van der Waals surface area contributed by atoms with E-state index in [1.807, 2.05) is 36.0 Å². The van der Waals surface area contributed by atoms with Gasteiger partial charge in [-0.2, -0.15) is 17.0 Å². The minimum Gasteiger partial charge on any atom is -0.282 e. The van der Waals surface area contributed by atoms with E-state index in [1.54, 1.807) is 0 Å². The van der Waals surface area contributed by atoms with Crippen molar-refractivity contribution in [1.29, 1.82) is 5.26 Å². The molecule has 0 aliphatic carbocycles. The quantitative estimate of drug-likeness (QED) is 0.206. The lowest BCUT2D eigenvalue weighted by molar-refractivity contribution is 0.842. The van der Waals surface area contributed by atoms with Crippen molar-refractivity contribution in [2.75, 3.05) is 15.1 Å². The van der Waals surface area contributed by atoms with E-state index in [0.29, 0.717) is 5.56 Å². The van der Waals surface area contributed by atoms with Crippen LogP contribution in [0.25, 0.3) is 0 Å². The van der Waals surface area contributed by atoms with Crippen molar-refractivity contribution in [3.8, 4) is 6.07 Å². The Morgan fingerprint density at radius 2 is 2.00 bits per heavy atom. The number of thioether (sulfide) groups is 1. The molecule has 2 rings (SSSR count). The fraction of sp³-hybridized carbons (Fsp3) is 0.250. The summed E-state index contributed by atoms with van der Waals surface area (Å²) in [6, 6.07) is 18.5. The smallest absolute Gasteiger partial charge is 0.101 e. The second-order valence-corrected chi connectivity index (χ2v) is 7.27. The average Bonchev–Trinajstić information content (AvgIpc) is 2.64. The molecule has 0 atom stereocenters. The zero-order chi connectivity index (χ0) is 17.2. The molecule has 0 saturated heterocycles. The number of aryl methyl sites for hydroxylation is 1. The van der Waals surface area contributed by atoms with Crippen molar-refractivity contribution in [3.05, 3.63) is 71.8 Å². The van der Waals surface area contributed by atoms with E-state index in [1.165, 1.54) is 5.56 Å². The number of allylic oxidation sites excluding steroid dienone is 1. The topological polar surface area (TPSA) is 27.0 Å². The monoisotopic (exact) mass is 448 g/mol. The standard InChI is InChI=1S/C20H21IN2S/c1-24-14-7-3-2-4-9-17-10-8-12-19(15-17)23(21)20-13-6-5-11-18(20)16-22/h3,5-8,10-13,15H,2,4,9,14H2,1H3/b7-3-. The molecule has 2 nitrogen and oxygen atoms in total. The number of anilines is 2. The number of halogens is 1. The number of rotatable bonds is 8. The van der Waals surface area contributed by atoms with E-state index in [0.717, 1.165) is 36.4 Å². The molecule has 0 unspecified atom stereocenters. The van der Waals surface area contributed by atoms with Gasteiger partial charge in [0.1, 0.15) is 6.07 Å². The lowest BCUT2D eigenvalue weighted by atomic mass is 10.1. The molecule has 0 radical (unpaired) electrons. The first-order chi connectivity index (χ1) is 11.8. The molecule has 0 heterocycles. The van der Waals surface area contributed by atoms with Crippen molar-refractivity contribution in [2.45, 2.75) is 19.3 Å². The van der Waals surface area contributed by atoms with Gasteiger partial charge >= 0.3 is 0 Å². The molecular formula is C20H21IN2S. The summed E-state index contributed by atoms with van der Waals surface area (Å²) in [4.78, 5) is 0. The fourth-order valence-corrected chi connectivity index (χ4v) is 3.47. The van der Waals surface area contributed by atoms with Gasteiger partial charge in [-0.1, -0.05) is 36.4 Å². The Labute approximate surface area is 163 Å². The first-order valence-corrected chi connectivity index (χ1v) is 10.3. The molecule has 2 aromatic rings. The summed E-state index contributed by atoms with van der Waals surface area (Å²) in [6.07, 6.45) is 9.99. The number of nitrogens with zero attached hydrogens (tertiary/aromatic N) is 2. The number of hydrogen-bond acceptors (Lipinski definition) is 3. The van der Waals surface area contributed by atoms with E-state index < -0.39 is 0 Å². The molecule has 0 saturated carbocycles. The Balaban J connectivity index is 2.03. The second-order valence-electron chi connectivity index (χ2n) is 5.40. The van der Waals surface area contributed by atoms with Crippen LogP contribution >= 0.6 is 34.6 Å². The summed E-state index contributed by atoms with van der Waals surface area (Å²) in [7, 11) is 0. The van der Waals surface area contributed by atoms with Crippen LogP contribution in [-0.2, 0) is 6.42 Å². The summed E-state index contributed by atoms with van der Waals surface area (Å²) in [5.74, 6) is 1.09. The van der Waals surface area contributed by atoms with Crippen LogP contribution in [0.4, 0.5) is 11.4 Å². The van der Waals surface area contributed by atoms with Gasteiger partial charge < -0.3 is 0 Å². The summed E-state index contributed by atoms with van der Waals surface area (Å²) in [5, 5.41) is 9.29. The Kier molecular flexibility index (Phi) is 8.20. The van der Waals surface area contributed by atoms with E-state index in [4.69, 9.17) is 0 Å². The van der Waals surface area contributed by atoms with Gasteiger partial charge in [-0.05, 0) is 55.3 Å². The molecule has 0 N–H and O–H groups in total. The highest BCUT2D eigenvalue weighted by molar-refractivity contribution is 14.1. The molecule has 0 amide bonds. The van der Waals surface area contributed by atoms with Gasteiger partial charge in [0.15, 0.2) is 0 Å². The molecule has 4 heteroatoms. The molecule has 24 heavy (non-hydrogen) atoms. The lowest BCUT2D eigenvalue weighted by Gasteiger charge is -2.18. The number of hydrogen-bond donors (Lipinski definition) is 0. The first-order valence-electron chi connectivity index (χ1n) is 7.94. The minimum absolute atomic E-state index is 0.691. The Hall–Kier alpha value is -1.45. The van der Waals surface area contributed by atoms with E-state index in [2.05, 4.69) is 74.7 Å². The third-order valence-corrected chi connectivity index (χ3v) is 5.24. The molecule has 0 aromatic heterocycles. The van der Waals surface area contributed by atoms with Gasteiger partial charge in [0.25, 0.3) is 0 Å². The molecule has 0 fully saturated rings. The Bertz CT molecular complexity index is 722. The van der Waals surface area contributed by atoms with Crippen LogP contribution < -0.4 is 3.11 Å². The molecule has 0 bridgehead atoms. The lowest BCUT2D eigenvalue weighted by Crippen LogP contribution is -2.03. The van der Waals surface area contributed by atoms with Crippen LogP contribution in [0, 0.1) is 11.3 Å². The predicted molar refractivity (Wildman–Crippen MR) is 114 cm³/mol. The van der Waals surface area contributed by atoms with Crippen molar-refractivity contribution in [3.63, 3.8) is 0 Å². The molecule has 0 aliphatic heterocycles. The van der Waals surface area contributed by atoms with Gasteiger partial charge in [0.05, 0.1) is 39.8 Å². The number of nitriles is 1. The molecule has 2 aromatic carbocycles. The molecule has 124 valence electrons. The summed E-state index contributed by atoms with van der Waals surface area (Å²) >= 11 is 4.11. The van der Waals surface area contributed by atoms with Gasteiger partial charge in [-0.15, -0.1) is 0 Å². The van der Waals surface area contributed by atoms with Crippen LogP contribution in [-0.4, -0.2) is 12.0 Å². The largest absolute Gasteiger partial charge is 0.282 e. The van der Waals surface area contributed by atoms with Gasteiger partial charge in [-0.3, -0.25) is 3.11 Å². The van der Waals surface area contributed by atoms with Crippen molar-refractivity contribution < 1.29 is 0 Å². The van der Waals surface area contributed by atoms with Crippen molar-refractivity contribution >= 4 is 46.0 Å². The zero-order valence-electron chi connectivity index (χ0n) is 13.8. The molecular weight excluding hydrogens is 427 g/mol. The maximum absolute atomic E-state index is 9.29. The van der Waals surface area contributed by atoms with E-state index in [-0.39, 0.29) is 0 Å². The van der Waals surface area contributed by atoms with Crippen LogP contribution in [0.1, 0.15) is 24.0 Å². The van der Waals surface area contributed by atoms with Crippen molar-refractivity contribution in [2.24, 2.45) is 0 Å². The first kappa shape index (κ1) is 18.9. The highest BCUT2D eigenvalue weighted by Gasteiger charge is 2.10. The third-order valence-electron chi connectivity index (χ3n) is 3.64. The van der Waals surface area contributed by atoms with Crippen molar-refractivity contribution in [1.82, 2.24) is 0 Å². The van der Waals surface area contributed by atoms with E-state index in [9.17, 15) is 5.26 Å². The van der Waals surface area contributed by atoms with Gasteiger partial charge in [0.2, 0.25) is 0 Å². The van der Waals surface area contributed by atoms with Crippen LogP contribution in [0.2, 0.25) is 0 Å². The SMILES string of the molecule is CSC/C=C\CCCc1cccc(N(I)c2ccccc2C#N)c1. The normalized spacial score (nSPS) is 10.7. The van der Waals surface area contributed by atoms with Gasteiger partial charge in [0, 0.05) is 5.75 Å². The number of unbranched alkanes of at least 4 members (excludes halogenated alkanes) is 1. The van der Waals surface area contributed by atoms with Crippen LogP contribution in [0.5, 0.6) is 0 Å². The molecule has 0 spiro atoms. The summed E-state index contributed by atoms with van der Waals surface area (Å²) in [6.45, 7) is 0. The molecule has 0 aliphatic rings. The third kappa shape index (κ3) is 5.57. The fourth-order valence-electron chi connectivity index (χ4n) is 2.42. The van der Waals surface area contributed by atoms with Gasteiger partial charge in [-0.25, -0.2) is 0 Å². The highest BCUT2D eigenvalue weighted by Crippen LogP contribution is 2.32. The number of benzene rings is 2. The average molecular weight is 448 g/mol. The number of para-hydroxylation sites is 1.